The lowest BCUT2D eigenvalue weighted by atomic mass is 9.98. The van der Waals surface area contributed by atoms with Crippen LogP contribution in [0.15, 0.2) is 0 Å². The summed E-state index contributed by atoms with van der Waals surface area (Å²) >= 11 is 0. The highest BCUT2D eigenvalue weighted by atomic mass is 16.2. The van der Waals surface area contributed by atoms with Gasteiger partial charge in [-0.3, -0.25) is 0 Å². The van der Waals surface area contributed by atoms with E-state index in [2.05, 4.69) is 13.8 Å². The van der Waals surface area contributed by atoms with Crippen LogP contribution in [0.5, 0.6) is 0 Å². The van der Waals surface area contributed by atoms with E-state index in [4.69, 9.17) is 10.8 Å². The normalized spacial score (nSPS) is 14.3. The molecule has 0 aliphatic heterocycles. The van der Waals surface area contributed by atoms with Gasteiger partial charge in [0.15, 0.2) is 0 Å². The predicted molar refractivity (Wildman–Crippen MR) is 46.3 cm³/mol. The van der Waals surface area contributed by atoms with Gasteiger partial charge in [0.2, 0.25) is 0 Å². The molecule has 3 heteroatoms. The lowest BCUT2D eigenvalue weighted by Crippen LogP contribution is -2.27. The molecular weight excluding hydrogens is 142 g/mol. The Hall–Kier alpha value is -0.410. The van der Waals surface area contributed by atoms with Crippen molar-refractivity contribution in [2.75, 3.05) is 7.11 Å². The van der Waals surface area contributed by atoms with E-state index in [1.807, 2.05) is 0 Å². The number of aliphatic hydroxyl groups excluding tert-OH is 1. The zero-order chi connectivity index (χ0) is 9.28. The summed E-state index contributed by atoms with van der Waals surface area (Å²) in [5, 5.41) is 7.00. The molecule has 0 radical (unpaired) electrons. The van der Waals surface area contributed by atoms with Crippen LogP contribution in [0.1, 0.15) is 26.7 Å². The third-order valence-corrected chi connectivity index (χ3v) is 1.74. The molecule has 2 unspecified atom stereocenters. The van der Waals surface area contributed by atoms with Gasteiger partial charge in [-0.25, -0.2) is 0 Å². The molecule has 0 aromatic rings. The van der Waals surface area contributed by atoms with E-state index < -0.39 is 0 Å². The highest BCUT2D eigenvalue weighted by Gasteiger charge is 2.08. The van der Waals surface area contributed by atoms with Gasteiger partial charge in [0.05, 0.1) is 0 Å². The summed E-state index contributed by atoms with van der Waals surface area (Å²) in [5.74, 6) is 0.468. The summed E-state index contributed by atoms with van der Waals surface area (Å²) < 4.78 is 0. The van der Waals surface area contributed by atoms with E-state index in [1.54, 1.807) is 0 Å². The topological polar surface area (TPSA) is 63.3 Å². The maximum atomic E-state index is 9.96. The highest BCUT2D eigenvalue weighted by molar-refractivity contribution is 5.50. The van der Waals surface area contributed by atoms with Crippen LogP contribution in [0.25, 0.3) is 0 Å². The summed E-state index contributed by atoms with van der Waals surface area (Å²) in [6.45, 7) is 4.14. The highest BCUT2D eigenvalue weighted by Crippen LogP contribution is 2.06. The minimum absolute atomic E-state index is 0.0625. The minimum Gasteiger partial charge on any atom is -0.400 e. The monoisotopic (exact) mass is 161 g/mol. The number of nitrogens with two attached hydrogens (primary N) is 1. The molecule has 0 heterocycles. The van der Waals surface area contributed by atoms with Crippen molar-refractivity contribution in [1.82, 2.24) is 0 Å². The third kappa shape index (κ3) is 7.49. The number of carbonyl (C=O) groups excluding carboxylic acids is 1. The van der Waals surface area contributed by atoms with Crippen molar-refractivity contribution in [3.63, 3.8) is 0 Å². The number of rotatable bonds is 4. The van der Waals surface area contributed by atoms with Crippen LogP contribution < -0.4 is 5.73 Å². The summed E-state index contributed by atoms with van der Waals surface area (Å²) in [6.07, 6.45) is 2.43. The first-order chi connectivity index (χ1) is 5.22. The molecule has 0 saturated carbocycles. The Morgan fingerprint density at radius 1 is 1.55 bits per heavy atom. The SMILES string of the molecule is CCC(C)C(N)CC=O.CO. The molecule has 0 aromatic heterocycles. The van der Waals surface area contributed by atoms with Gasteiger partial charge in [-0.2, -0.15) is 0 Å². The van der Waals surface area contributed by atoms with Gasteiger partial charge in [0.25, 0.3) is 0 Å². The average molecular weight is 161 g/mol. The molecule has 0 amide bonds. The molecule has 3 nitrogen and oxygen atoms in total. The smallest absolute Gasteiger partial charge is 0.121 e. The molecule has 68 valence electrons. The fourth-order valence-corrected chi connectivity index (χ4v) is 0.646. The summed E-state index contributed by atoms with van der Waals surface area (Å²) in [4.78, 5) is 9.96. The van der Waals surface area contributed by atoms with Crippen LogP contribution in [0, 0.1) is 5.92 Å². The fourth-order valence-electron chi connectivity index (χ4n) is 0.646. The Balaban J connectivity index is 0. The third-order valence-electron chi connectivity index (χ3n) is 1.74. The van der Waals surface area contributed by atoms with Gasteiger partial charge >= 0.3 is 0 Å². The van der Waals surface area contributed by atoms with Gasteiger partial charge in [-0.05, 0) is 5.92 Å². The quantitative estimate of drug-likeness (QED) is 0.592. The molecule has 0 saturated heterocycles. The average Bonchev–Trinajstić information content (AvgIpc) is 2.07. The van der Waals surface area contributed by atoms with E-state index in [0.29, 0.717) is 12.3 Å². The van der Waals surface area contributed by atoms with E-state index in [9.17, 15) is 4.79 Å². The Morgan fingerprint density at radius 3 is 2.27 bits per heavy atom. The fraction of sp³-hybridized carbons (Fsp3) is 0.875. The van der Waals surface area contributed by atoms with Crippen LogP contribution in [-0.4, -0.2) is 24.5 Å². The maximum Gasteiger partial charge on any atom is 0.121 e. The first-order valence-electron chi connectivity index (χ1n) is 3.86. The molecule has 0 spiro atoms. The Morgan fingerprint density at radius 2 is 2.00 bits per heavy atom. The van der Waals surface area contributed by atoms with E-state index in [0.717, 1.165) is 19.8 Å². The molecule has 2 atom stereocenters. The molecule has 0 aliphatic rings. The lowest BCUT2D eigenvalue weighted by molar-refractivity contribution is -0.108. The van der Waals surface area contributed by atoms with Crippen molar-refractivity contribution in [3.05, 3.63) is 0 Å². The molecular formula is C8H19NO2. The number of aldehydes is 1. The van der Waals surface area contributed by atoms with Crippen LogP contribution in [0.2, 0.25) is 0 Å². The van der Waals surface area contributed by atoms with Crippen molar-refractivity contribution in [2.24, 2.45) is 11.7 Å². The van der Waals surface area contributed by atoms with Crippen molar-refractivity contribution in [3.8, 4) is 0 Å². The summed E-state index contributed by atoms with van der Waals surface area (Å²) in [7, 11) is 1.00. The number of carbonyl (C=O) groups is 1. The molecule has 0 aliphatic carbocycles. The number of hydrogen-bond acceptors (Lipinski definition) is 3. The van der Waals surface area contributed by atoms with Crippen LogP contribution in [0.4, 0.5) is 0 Å². The summed E-state index contributed by atoms with van der Waals surface area (Å²) in [6, 6.07) is 0.0625. The van der Waals surface area contributed by atoms with Gasteiger partial charge in [-0.1, -0.05) is 20.3 Å². The standard InChI is InChI=1S/C7H15NO.CH4O/c1-3-6(2)7(8)4-5-9;1-2/h5-7H,3-4,8H2,1-2H3;2H,1H3. The zero-order valence-corrected chi connectivity index (χ0v) is 7.58. The number of hydrogen-bond donors (Lipinski definition) is 2. The molecule has 0 aromatic carbocycles. The van der Waals surface area contributed by atoms with Crippen molar-refractivity contribution >= 4 is 6.29 Å². The first-order valence-corrected chi connectivity index (χ1v) is 3.86. The van der Waals surface area contributed by atoms with E-state index >= 15 is 0 Å². The maximum absolute atomic E-state index is 9.96. The second kappa shape index (κ2) is 9.59. The largest absolute Gasteiger partial charge is 0.400 e. The van der Waals surface area contributed by atoms with Crippen molar-refractivity contribution < 1.29 is 9.90 Å². The van der Waals surface area contributed by atoms with Crippen molar-refractivity contribution in [2.45, 2.75) is 32.7 Å². The van der Waals surface area contributed by atoms with Gasteiger partial charge < -0.3 is 15.6 Å². The van der Waals surface area contributed by atoms with Crippen LogP contribution >= 0.6 is 0 Å². The number of aliphatic hydroxyl groups is 1. The minimum atomic E-state index is 0.0625. The first kappa shape index (κ1) is 13.2. The molecule has 3 N–H and O–H groups in total. The Kier molecular flexibility index (Phi) is 11.5. The Labute approximate surface area is 68.6 Å². The van der Waals surface area contributed by atoms with Crippen molar-refractivity contribution in [1.29, 1.82) is 0 Å². The van der Waals surface area contributed by atoms with Crippen LogP contribution in [0.3, 0.4) is 0 Å². The van der Waals surface area contributed by atoms with Gasteiger partial charge in [0, 0.05) is 19.6 Å². The lowest BCUT2D eigenvalue weighted by Gasteiger charge is -2.14. The predicted octanol–water partition coefficient (Wildman–Crippen LogP) is 0.557. The van der Waals surface area contributed by atoms with Crippen LogP contribution in [-0.2, 0) is 4.79 Å². The Bertz CT molecular complexity index is 86.2. The zero-order valence-electron chi connectivity index (χ0n) is 7.58. The molecule has 11 heavy (non-hydrogen) atoms. The van der Waals surface area contributed by atoms with E-state index in [1.165, 1.54) is 0 Å². The van der Waals surface area contributed by atoms with Gasteiger partial charge in [0.1, 0.15) is 6.29 Å². The second-order valence-corrected chi connectivity index (χ2v) is 2.45. The van der Waals surface area contributed by atoms with Gasteiger partial charge in [-0.15, -0.1) is 0 Å². The van der Waals surface area contributed by atoms with E-state index in [-0.39, 0.29) is 6.04 Å². The molecule has 0 fully saturated rings. The summed E-state index contributed by atoms with van der Waals surface area (Å²) in [5.41, 5.74) is 5.61. The second-order valence-electron chi connectivity index (χ2n) is 2.45. The molecule has 0 bridgehead atoms. The molecule has 0 rings (SSSR count).